The zero-order valence-electron chi connectivity index (χ0n) is 36.4. The van der Waals surface area contributed by atoms with Gasteiger partial charge >= 0.3 is 77.8 Å². The molecule has 0 spiro atoms. The Morgan fingerprint density at radius 2 is 0.671 bits per heavy atom. The number of benzene rings is 2. The van der Waals surface area contributed by atoms with Crippen molar-refractivity contribution < 1.29 is 107 Å². The summed E-state index contributed by atoms with van der Waals surface area (Å²) in [7, 11) is -10.7. The van der Waals surface area contributed by atoms with Gasteiger partial charge in [0.1, 0.15) is 0 Å². The third-order valence-corrected chi connectivity index (χ3v) is 8.65. The predicted octanol–water partition coefficient (Wildman–Crippen LogP) is 17.6. The molecule has 0 aliphatic rings. The average molecular weight is 1220 g/mol. The van der Waals surface area contributed by atoms with Crippen molar-refractivity contribution in [1.29, 1.82) is 0 Å². The largest absolute Gasteiger partial charge is 3.00 e. The molecule has 4 aromatic heterocycles. The zero-order valence-corrected chi connectivity index (χ0v) is 39.7. The molecule has 0 radical (unpaired) electrons. The van der Waals surface area contributed by atoms with Crippen molar-refractivity contribution >= 4 is 7.81 Å². The fourth-order valence-electron chi connectivity index (χ4n) is 5.15. The van der Waals surface area contributed by atoms with Crippen LogP contribution in [0.4, 0.5) is 86.6 Å². The Kier molecular flexibility index (Phi) is 18.1. The van der Waals surface area contributed by atoms with Crippen LogP contribution in [0, 0.1) is 23.8 Å². The fraction of sp³-hybridized carbons (Fsp3) is 0.273. The summed E-state index contributed by atoms with van der Waals surface area (Å²) in [4.78, 5) is 15.8. The quantitative estimate of drug-likeness (QED) is 0.101. The molecule has 0 bridgehead atoms. The molecule has 26 heteroatoms. The summed E-state index contributed by atoms with van der Waals surface area (Å²) in [5.41, 5.74) is -1.21. The van der Waals surface area contributed by atoms with E-state index in [1.807, 2.05) is 24.5 Å². The number of hydrogen-bond donors (Lipinski definition) is 0. The van der Waals surface area contributed by atoms with Gasteiger partial charge in [-0.1, -0.05) is 89.1 Å². The molecule has 2 aromatic carbocycles. The summed E-state index contributed by atoms with van der Waals surface area (Å²) in [5.74, 6) is -2.53. The summed E-state index contributed by atoms with van der Waals surface area (Å²) >= 11 is 0. The van der Waals surface area contributed by atoms with E-state index in [4.69, 9.17) is 0 Å². The van der Waals surface area contributed by atoms with Gasteiger partial charge in [-0.15, -0.1) is 24.3 Å². The second-order valence-electron chi connectivity index (χ2n) is 16.4. The maximum Gasteiger partial charge on any atom is 3.00 e. The van der Waals surface area contributed by atoms with Crippen molar-refractivity contribution in [2.24, 2.45) is 0 Å². The molecule has 0 saturated carbocycles. The molecule has 0 fully saturated rings. The van der Waals surface area contributed by atoms with Gasteiger partial charge in [0.25, 0.3) is 0 Å². The van der Waals surface area contributed by atoms with Crippen LogP contribution in [0.3, 0.4) is 0 Å². The summed E-state index contributed by atoms with van der Waals surface area (Å²) in [6.07, 6.45) is -14.0. The molecular weight excluding hydrogens is 1190 g/mol. The van der Waals surface area contributed by atoms with Gasteiger partial charge in [-0.3, -0.25) is 18.7 Å². The van der Waals surface area contributed by atoms with Crippen molar-refractivity contribution in [2.75, 3.05) is 0 Å². The third kappa shape index (κ3) is 20.2. The molecule has 0 aliphatic carbocycles. The van der Waals surface area contributed by atoms with Crippen molar-refractivity contribution in [3.63, 3.8) is 0 Å². The Morgan fingerprint density at radius 3 is 0.886 bits per heavy atom. The van der Waals surface area contributed by atoms with Gasteiger partial charge in [-0.2, -0.15) is 52.7 Å². The van der Waals surface area contributed by atoms with Gasteiger partial charge in [-0.05, 0) is 68.7 Å². The molecule has 70 heavy (non-hydrogen) atoms. The van der Waals surface area contributed by atoms with E-state index in [-0.39, 0.29) is 54.5 Å². The maximum absolute atomic E-state index is 13.6. The standard InChI is InChI=1S/C18H24N2.2C13H5F7N.F6P.Ir/c1-17(2,3)13-7-9-19-15(11-13)16-12-14(8-10-20-16)18(4,5)6;2*14-10-5-7(12(15,16)17)1-3-9(10)11-4-2-8(6-21-11)13(18,19)20;1-7(2,3,4,5)6;/h7-12H,1-6H3;2*1-2,4-6H;;/q;3*-1;+3. The minimum atomic E-state index is -10.7. The van der Waals surface area contributed by atoms with E-state index in [0.29, 0.717) is 36.7 Å². The molecule has 4 heterocycles. The van der Waals surface area contributed by atoms with Gasteiger partial charge in [0.2, 0.25) is 0 Å². The molecule has 0 atom stereocenters. The van der Waals surface area contributed by atoms with E-state index >= 15 is 0 Å². The van der Waals surface area contributed by atoms with Gasteiger partial charge in [0.05, 0.1) is 22.5 Å². The minimum absolute atomic E-state index is 0. The van der Waals surface area contributed by atoms with Crippen LogP contribution in [-0.2, 0) is 55.6 Å². The fourth-order valence-corrected chi connectivity index (χ4v) is 5.15. The molecule has 0 aliphatic heterocycles. The smallest absolute Gasteiger partial charge is 0.304 e. The van der Waals surface area contributed by atoms with Crippen LogP contribution < -0.4 is 0 Å². The Morgan fingerprint density at radius 1 is 0.386 bits per heavy atom. The Bertz CT molecular complexity index is 2500. The average Bonchev–Trinajstić information content (AvgIpc) is 3.18. The number of alkyl halides is 12. The molecule has 6 aromatic rings. The number of halogens is 20. The zero-order chi connectivity index (χ0) is 53.0. The number of pyridine rings is 4. The van der Waals surface area contributed by atoms with Crippen LogP contribution in [0.2, 0.25) is 0 Å². The molecule has 384 valence electrons. The number of aromatic nitrogens is 4. The molecule has 6 rings (SSSR count). The Labute approximate surface area is 399 Å². The van der Waals surface area contributed by atoms with Crippen molar-refractivity contribution in [1.82, 2.24) is 19.9 Å². The maximum atomic E-state index is 13.6. The van der Waals surface area contributed by atoms with Crippen LogP contribution in [0.1, 0.15) is 74.9 Å². The van der Waals surface area contributed by atoms with Crippen LogP contribution in [-0.4, -0.2) is 19.9 Å². The SMILES string of the molecule is CC(C)(C)c1ccnc(-c2cc(C(C)(C)C)ccn2)c1.F[P-](F)(F)(F)(F)F.Fc1cc(C(F)(F)F)c[c-]c1-c1ccc(C(F)(F)F)cn1.Fc1cc(C(F)(F)F)c[c-]c1-c1ccc(C(F)(F)F)cn1.[Ir+3]. The minimum Gasteiger partial charge on any atom is -0.304 e. The van der Waals surface area contributed by atoms with E-state index in [0.717, 1.165) is 23.5 Å². The Hall–Kier alpha value is -5.28. The van der Waals surface area contributed by atoms with Crippen LogP contribution in [0.25, 0.3) is 33.9 Å². The molecule has 4 nitrogen and oxygen atoms in total. The van der Waals surface area contributed by atoms with Crippen molar-refractivity contribution in [3.8, 4) is 33.9 Å². The number of hydrogen-bond acceptors (Lipinski definition) is 4. The molecule has 0 N–H and O–H groups in total. The summed E-state index contributed by atoms with van der Waals surface area (Å²) < 4.78 is 235. The van der Waals surface area contributed by atoms with E-state index in [1.165, 1.54) is 11.1 Å². The van der Waals surface area contributed by atoms with Crippen LogP contribution in [0.15, 0.2) is 97.6 Å². The second kappa shape index (κ2) is 20.8. The first-order valence-electron chi connectivity index (χ1n) is 18.9. The normalized spacial score (nSPS) is 13.4. The van der Waals surface area contributed by atoms with Crippen molar-refractivity contribution in [3.05, 3.63) is 155 Å². The Balaban J connectivity index is 0.000000334. The third-order valence-electron chi connectivity index (χ3n) is 8.65. The van der Waals surface area contributed by atoms with Gasteiger partial charge < -0.3 is 9.97 Å². The molecular formula is C44H34F20IrN4P. The summed E-state index contributed by atoms with van der Waals surface area (Å²) in [6.45, 7) is 13.3. The van der Waals surface area contributed by atoms with E-state index in [1.54, 1.807) is 0 Å². The molecule has 0 saturated heterocycles. The summed E-state index contributed by atoms with van der Waals surface area (Å²) in [5, 5.41) is 0. The number of nitrogens with zero attached hydrogens (tertiary/aromatic N) is 4. The molecule has 0 unspecified atom stereocenters. The van der Waals surface area contributed by atoms with Crippen LogP contribution in [0.5, 0.6) is 0 Å². The predicted molar refractivity (Wildman–Crippen MR) is 215 cm³/mol. The molecule has 0 amide bonds. The van der Waals surface area contributed by atoms with E-state index in [9.17, 15) is 86.6 Å². The first-order valence-corrected chi connectivity index (χ1v) is 21.0. The number of rotatable bonds is 3. The first kappa shape index (κ1) is 60.8. The van der Waals surface area contributed by atoms with Crippen LogP contribution >= 0.6 is 7.81 Å². The first-order chi connectivity index (χ1) is 30.8. The summed E-state index contributed by atoms with van der Waals surface area (Å²) in [6, 6.07) is 17.1. The van der Waals surface area contributed by atoms with Gasteiger partial charge in [-0.25, -0.2) is 0 Å². The monoisotopic (exact) mass is 1220 g/mol. The topological polar surface area (TPSA) is 51.6 Å². The van der Waals surface area contributed by atoms with E-state index < -0.39 is 77.5 Å². The van der Waals surface area contributed by atoms with Crippen molar-refractivity contribution in [2.45, 2.75) is 77.1 Å². The second-order valence-corrected chi connectivity index (χ2v) is 18.3. The van der Waals surface area contributed by atoms with Gasteiger partial charge in [0.15, 0.2) is 0 Å². The van der Waals surface area contributed by atoms with E-state index in [2.05, 4.69) is 85.7 Å². The van der Waals surface area contributed by atoms with Gasteiger partial charge in [0, 0.05) is 36.4 Å².